The van der Waals surface area contributed by atoms with E-state index in [1.165, 1.54) is 17.8 Å². The van der Waals surface area contributed by atoms with E-state index in [-0.39, 0.29) is 27.5 Å². The van der Waals surface area contributed by atoms with Crippen molar-refractivity contribution < 1.29 is 9.13 Å². The summed E-state index contributed by atoms with van der Waals surface area (Å²) in [5.74, 6) is 0.187. The van der Waals surface area contributed by atoms with Crippen molar-refractivity contribution in [3.63, 3.8) is 0 Å². The molecule has 0 amide bonds. The molecule has 0 radical (unpaired) electrons. The molecule has 1 saturated heterocycles. The molecule has 2 aliphatic rings. The van der Waals surface area contributed by atoms with Crippen LogP contribution in [0.3, 0.4) is 0 Å². The van der Waals surface area contributed by atoms with Gasteiger partial charge in [-0.3, -0.25) is 14.6 Å². The summed E-state index contributed by atoms with van der Waals surface area (Å²) in [6, 6.07) is 4.72. The lowest BCUT2D eigenvalue weighted by atomic mass is 9.94. The largest absolute Gasteiger partial charge is 0.375 e. The van der Waals surface area contributed by atoms with Crippen molar-refractivity contribution in [2.45, 2.75) is 50.5 Å². The van der Waals surface area contributed by atoms with Gasteiger partial charge in [0.1, 0.15) is 5.82 Å². The van der Waals surface area contributed by atoms with Gasteiger partial charge in [-0.2, -0.15) is 0 Å². The van der Waals surface area contributed by atoms with Crippen LogP contribution in [-0.4, -0.2) is 27.0 Å². The zero-order valence-corrected chi connectivity index (χ0v) is 17.0. The lowest BCUT2D eigenvalue weighted by Crippen LogP contribution is -2.35. The summed E-state index contributed by atoms with van der Waals surface area (Å²) in [5.41, 5.74) is 0.974. The Bertz CT molecular complexity index is 982. The van der Waals surface area contributed by atoms with Gasteiger partial charge in [0.05, 0.1) is 32.5 Å². The minimum atomic E-state index is -0.470. The molecule has 8 heteroatoms. The number of aliphatic imine (C=N–C) groups is 1. The molecule has 1 fully saturated rings. The molecule has 1 aromatic heterocycles. The van der Waals surface area contributed by atoms with Crippen LogP contribution in [0.1, 0.15) is 56.0 Å². The number of hydrogen-bond acceptors (Lipinski definition) is 4. The van der Waals surface area contributed by atoms with Crippen LogP contribution in [0.4, 0.5) is 10.2 Å². The number of aromatic nitrogens is 2. The van der Waals surface area contributed by atoms with Crippen LogP contribution in [0.5, 0.6) is 0 Å². The number of hydrogen-bond donors (Lipinski definition) is 1. The normalized spacial score (nSPS) is 24.4. The Morgan fingerprint density at radius 3 is 2.93 bits per heavy atom. The summed E-state index contributed by atoms with van der Waals surface area (Å²) in [4.78, 5) is 17.5. The third-order valence-corrected chi connectivity index (χ3v) is 6.50. The Labute approximate surface area is 165 Å². The fourth-order valence-electron chi connectivity index (χ4n) is 3.80. The van der Waals surface area contributed by atoms with Gasteiger partial charge < -0.3 is 4.74 Å². The molecule has 4 rings (SSSR count). The molecule has 2 atom stereocenters. The summed E-state index contributed by atoms with van der Waals surface area (Å²) in [6.45, 7) is 6.67. The molecule has 3 heterocycles. The van der Waals surface area contributed by atoms with Crippen molar-refractivity contribution in [3.8, 4) is 0 Å². The van der Waals surface area contributed by atoms with Crippen LogP contribution in [0.25, 0.3) is 0 Å². The molecule has 0 spiro atoms. The second kappa shape index (κ2) is 6.79. The summed E-state index contributed by atoms with van der Waals surface area (Å²) in [7, 11) is 0. The first-order valence-electron chi connectivity index (χ1n) is 8.90. The van der Waals surface area contributed by atoms with Crippen LogP contribution in [0, 0.1) is 5.82 Å². The van der Waals surface area contributed by atoms with Crippen LogP contribution in [0.2, 0.25) is 5.02 Å². The predicted molar refractivity (Wildman–Crippen MR) is 107 cm³/mol. The fourth-order valence-corrected chi connectivity index (χ4v) is 5.09. The molecule has 0 saturated carbocycles. The van der Waals surface area contributed by atoms with Gasteiger partial charge in [-0.15, -0.1) is 0 Å². The van der Waals surface area contributed by atoms with Gasteiger partial charge in [0.2, 0.25) is 0 Å². The molecule has 5 nitrogen and oxygen atoms in total. The number of benzene rings is 1. The molecule has 0 aliphatic carbocycles. The Morgan fingerprint density at radius 1 is 1.44 bits per heavy atom. The zero-order valence-electron chi connectivity index (χ0n) is 15.4. The van der Waals surface area contributed by atoms with Gasteiger partial charge in [-0.05, 0) is 51.3 Å². The molecular weight excluding hydrogens is 389 g/mol. The van der Waals surface area contributed by atoms with E-state index in [0.29, 0.717) is 18.0 Å². The first-order chi connectivity index (χ1) is 12.7. The van der Waals surface area contributed by atoms with Gasteiger partial charge in [-0.25, -0.2) is 9.38 Å². The fraction of sp³-hybridized carbons (Fsp3) is 0.474. The third kappa shape index (κ3) is 3.48. The minimum Gasteiger partial charge on any atom is -0.375 e. The molecule has 1 aromatic carbocycles. The maximum absolute atomic E-state index is 13.6. The first kappa shape index (κ1) is 18.8. The average Bonchev–Trinajstić information content (AvgIpc) is 2.92. The summed E-state index contributed by atoms with van der Waals surface area (Å²) >= 11 is 7.46. The highest BCUT2D eigenvalue weighted by Gasteiger charge is 2.35. The first-order valence-corrected chi connectivity index (χ1v) is 10.2. The Balaban J connectivity index is 1.80. The van der Waals surface area contributed by atoms with Gasteiger partial charge in [0.25, 0.3) is 5.56 Å². The van der Waals surface area contributed by atoms with E-state index in [4.69, 9.17) is 16.3 Å². The van der Waals surface area contributed by atoms with Gasteiger partial charge >= 0.3 is 0 Å². The van der Waals surface area contributed by atoms with E-state index < -0.39 is 5.82 Å². The average molecular weight is 410 g/mol. The molecule has 144 valence electrons. The van der Waals surface area contributed by atoms with E-state index in [2.05, 4.69) is 23.9 Å². The molecular formula is C19H21ClFN3O2S. The Morgan fingerprint density at radius 2 is 2.22 bits per heavy atom. The maximum atomic E-state index is 13.6. The lowest BCUT2D eigenvalue weighted by molar-refractivity contribution is -0.0705. The van der Waals surface area contributed by atoms with Crippen LogP contribution >= 0.6 is 23.4 Å². The number of ether oxygens (including phenoxy) is 1. The van der Waals surface area contributed by atoms with Crippen molar-refractivity contribution in [2.24, 2.45) is 4.99 Å². The zero-order chi connectivity index (χ0) is 19.3. The lowest BCUT2D eigenvalue weighted by Gasteiger charge is -2.36. The molecule has 2 aromatic rings. The van der Waals surface area contributed by atoms with Gasteiger partial charge in [-0.1, -0.05) is 29.4 Å². The van der Waals surface area contributed by atoms with E-state index in [0.717, 1.165) is 23.4 Å². The van der Waals surface area contributed by atoms with Crippen LogP contribution in [-0.2, 0) is 4.74 Å². The third-order valence-electron chi connectivity index (χ3n) is 5.03. The van der Waals surface area contributed by atoms with Crippen molar-refractivity contribution in [1.29, 1.82) is 0 Å². The molecule has 2 unspecified atom stereocenters. The summed E-state index contributed by atoms with van der Waals surface area (Å²) in [5, 5.41) is 3.62. The van der Waals surface area contributed by atoms with Crippen molar-refractivity contribution in [1.82, 2.24) is 9.78 Å². The highest BCUT2D eigenvalue weighted by atomic mass is 35.5. The highest BCUT2D eigenvalue weighted by Crippen LogP contribution is 2.45. The SMILES string of the molecule is CC1=Nc2c(c(=O)[nH]n2C2CCOC(C)(C)C2)C(c2ccc(F)c(Cl)c2)S1. The smallest absolute Gasteiger partial charge is 0.271 e. The molecule has 27 heavy (non-hydrogen) atoms. The van der Waals surface area contributed by atoms with Gasteiger partial charge in [0.15, 0.2) is 5.82 Å². The minimum absolute atomic E-state index is 0.0526. The predicted octanol–water partition coefficient (Wildman–Crippen LogP) is 4.99. The number of rotatable bonds is 2. The Hall–Kier alpha value is -1.57. The quantitative estimate of drug-likeness (QED) is 0.760. The molecule has 1 N–H and O–H groups in total. The van der Waals surface area contributed by atoms with Crippen molar-refractivity contribution in [3.05, 3.63) is 50.5 Å². The number of halogens is 2. The van der Waals surface area contributed by atoms with E-state index in [1.54, 1.807) is 12.1 Å². The van der Waals surface area contributed by atoms with Crippen LogP contribution in [0.15, 0.2) is 28.0 Å². The molecule has 2 aliphatic heterocycles. The topological polar surface area (TPSA) is 59.4 Å². The maximum Gasteiger partial charge on any atom is 0.271 e. The number of thioether (sulfide) groups is 1. The molecule has 0 bridgehead atoms. The summed E-state index contributed by atoms with van der Waals surface area (Å²) < 4.78 is 21.3. The Kier molecular flexibility index (Phi) is 4.72. The van der Waals surface area contributed by atoms with E-state index in [9.17, 15) is 9.18 Å². The number of nitrogens with one attached hydrogen (secondary N) is 1. The van der Waals surface area contributed by atoms with Crippen molar-refractivity contribution in [2.75, 3.05) is 6.61 Å². The number of fused-ring (bicyclic) bond motifs is 1. The highest BCUT2D eigenvalue weighted by molar-refractivity contribution is 8.14. The van der Waals surface area contributed by atoms with Crippen LogP contribution < -0.4 is 5.56 Å². The number of nitrogens with zero attached hydrogens (tertiary/aromatic N) is 2. The number of H-pyrrole nitrogens is 1. The van der Waals surface area contributed by atoms with Gasteiger partial charge in [0, 0.05) is 6.61 Å². The second-order valence-corrected chi connectivity index (χ2v) is 9.31. The van der Waals surface area contributed by atoms with Crippen molar-refractivity contribution >= 4 is 34.2 Å². The van der Waals surface area contributed by atoms with E-state index >= 15 is 0 Å². The summed E-state index contributed by atoms with van der Waals surface area (Å²) in [6.07, 6.45) is 1.61. The standard InChI is InChI=1S/C19H21ClFN3O2S/c1-10-22-17-15(16(27-10)11-4-5-14(21)13(20)8-11)18(25)23-24(17)12-6-7-26-19(2,3)9-12/h4-5,8,12,16H,6-7,9H2,1-3H3,(H,23,25). The second-order valence-electron chi connectivity index (χ2n) is 7.61. The monoisotopic (exact) mass is 409 g/mol. The number of aromatic amines is 1. The van der Waals surface area contributed by atoms with E-state index in [1.807, 2.05) is 11.6 Å².